The van der Waals surface area contributed by atoms with Crippen LogP contribution < -0.4 is 5.32 Å². The molecule has 3 nitrogen and oxygen atoms in total. The van der Waals surface area contributed by atoms with Crippen molar-refractivity contribution in [2.75, 3.05) is 18.5 Å². The second kappa shape index (κ2) is 3.93. The summed E-state index contributed by atoms with van der Waals surface area (Å²) in [7, 11) is 0. The Bertz CT molecular complexity index is 410. The number of nitrogens with one attached hydrogen (secondary N) is 1. The summed E-state index contributed by atoms with van der Waals surface area (Å²) in [5, 5.41) is 3.20. The highest BCUT2D eigenvalue weighted by Gasteiger charge is 2.10. The molecule has 3 heteroatoms. The largest absolute Gasteiger partial charge is 0.463 e. The van der Waals surface area contributed by atoms with E-state index in [2.05, 4.69) is 43.2 Å². The summed E-state index contributed by atoms with van der Waals surface area (Å²) in [6, 6.07) is 4.82. The van der Waals surface area contributed by atoms with Crippen LogP contribution in [0.5, 0.6) is 0 Å². The normalized spacial score (nSPS) is 14.7. The van der Waals surface area contributed by atoms with Gasteiger partial charge in [0.05, 0.1) is 6.54 Å². The number of aliphatic imine (C=N–C) groups is 1. The highest BCUT2D eigenvalue weighted by Crippen LogP contribution is 2.21. The topological polar surface area (TPSA) is 33.6 Å². The fourth-order valence-corrected chi connectivity index (χ4v) is 1.62. The zero-order chi connectivity index (χ0) is 10.8. The van der Waals surface area contributed by atoms with Crippen molar-refractivity contribution in [1.29, 1.82) is 0 Å². The molecule has 0 saturated carbocycles. The minimum Gasteiger partial charge on any atom is -0.463 e. The molecule has 0 aromatic heterocycles. The minimum atomic E-state index is 0.640. The van der Waals surface area contributed by atoms with Gasteiger partial charge in [0.15, 0.2) is 0 Å². The highest BCUT2D eigenvalue weighted by atomic mass is 16.5. The lowest BCUT2D eigenvalue weighted by molar-refractivity contribution is 0.346. The van der Waals surface area contributed by atoms with E-state index in [-0.39, 0.29) is 0 Å². The molecule has 1 aromatic carbocycles. The summed E-state index contributed by atoms with van der Waals surface area (Å²) in [5.41, 5.74) is 4.97. The van der Waals surface area contributed by atoms with Crippen molar-refractivity contribution in [3.63, 3.8) is 0 Å². The lowest BCUT2D eigenvalue weighted by Crippen LogP contribution is -2.13. The van der Waals surface area contributed by atoms with Crippen LogP contribution in [-0.2, 0) is 4.74 Å². The monoisotopic (exact) mass is 204 g/mol. The van der Waals surface area contributed by atoms with Crippen LogP contribution in [0.15, 0.2) is 17.1 Å². The Balaban J connectivity index is 2.25. The molecule has 0 bridgehead atoms. The molecule has 0 aliphatic carbocycles. The Hall–Kier alpha value is -1.51. The van der Waals surface area contributed by atoms with Gasteiger partial charge in [-0.2, -0.15) is 0 Å². The Morgan fingerprint density at radius 1 is 1.20 bits per heavy atom. The number of anilines is 1. The van der Waals surface area contributed by atoms with Crippen LogP contribution in [0.25, 0.3) is 0 Å². The van der Waals surface area contributed by atoms with Gasteiger partial charge in [-0.1, -0.05) is 6.07 Å². The van der Waals surface area contributed by atoms with Gasteiger partial charge in [0, 0.05) is 5.69 Å². The molecule has 1 aliphatic rings. The van der Waals surface area contributed by atoms with Crippen molar-refractivity contribution in [3.8, 4) is 0 Å². The maximum Gasteiger partial charge on any atom is 0.289 e. The molecule has 0 spiro atoms. The lowest BCUT2D eigenvalue weighted by Gasteiger charge is -2.12. The first-order valence-electron chi connectivity index (χ1n) is 5.19. The average Bonchev–Trinajstić information content (AvgIpc) is 2.72. The number of benzene rings is 1. The number of hydrogen-bond donors (Lipinski definition) is 1. The standard InChI is InChI=1S/C12H16N2O/c1-8-4-5-11(10(3)9(8)2)14-12-13-6-7-15-12/h4-5H,6-7H2,1-3H3,(H,13,14). The van der Waals surface area contributed by atoms with Crippen molar-refractivity contribution < 1.29 is 4.74 Å². The molecule has 0 radical (unpaired) electrons. The molecular weight excluding hydrogens is 188 g/mol. The fourth-order valence-electron chi connectivity index (χ4n) is 1.62. The summed E-state index contributed by atoms with van der Waals surface area (Å²) in [6.07, 6.45) is 0. The highest BCUT2D eigenvalue weighted by molar-refractivity contribution is 5.90. The van der Waals surface area contributed by atoms with Gasteiger partial charge in [-0.25, -0.2) is 4.99 Å². The second-order valence-corrected chi connectivity index (χ2v) is 3.84. The molecule has 0 unspecified atom stereocenters. The third kappa shape index (κ3) is 1.96. The van der Waals surface area contributed by atoms with Crippen molar-refractivity contribution in [2.45, 2.75) is 20.8 Å². The molecule has 0 amide bonds. The molecule has 2 rings (SSSR count). The van der Waals surface area contributed by atoms with Crippen molar-refractivity contribution in [1.82, 2.24) is 0 Å². The average molecular weight is 204 g/mol. The first-order chi connectivity index (χ1) is 7.18. The maximum absolute atomic E-state index is 5.32. The van der Waals surface area contributed by atoms with Crippen LogP contribution >= 0.6 is 0 Å². The molecule has 0 saturated heterocycles. The number of aryl methyl sites for hydroxylation is 1. The van der Waals surface area contributed by atoms with Crippen LogP contribution in [0.1, 0.15) is 16.7 Å². The quantitative estimate of drug-likeness (QED) is 0.762. The SMILES string of the molecule is Cc1ccc(NC2=NCCO2)c(C)c1C. The Labute approximate surface area is 90.2 Å². The summed E-state index contributed by atoms with van der Waals surface area (Å²) >= 11 is 0. The van der Waals surface area contributed by atoms with E-state index < -0.39 is 0 Å². The Morgan fingerprint density at radius 2 is 2.00 bits per heavy atom. The minimum absolute atomic E-state index is 0.640. The van der Waals surface area contributed by atoms with Crippen LogP contribution in [0, 0.1) is 20.8 Å². The van der Waals surface area contributed by atoms with Crippen molar-refractivity contribution in [3.05, 3.63) is 28.8 Å². The second-order valence-electron chi connectivity index (χ2n) is 3.84. The lowest BCUT2D eigenvalue weighted by atomic mass is 10.0. The zero-order valence-electron chi connectivity index (χ0n) is 9.42. The third-order valence-electron chi connectivity index (χ3n) is 2.89. The van der Waals surface area contributed by atoms with Crippen LogP contribution in [0.2, 0.25) is 0 Å². The summed E-state index contributed by atoms with van der Waals surface area (Å²) in [6.45, 7) is 7.81. The molecule has 1 heterocycles. The van der Waals surface area contributed by atoms with Gasteiger partial charge < -0.3 is 10.1 Å². The van der Waals surface area contributed by atoms with Gasteiger partial charge >= 0.3 is 0 Å². The molecule has 1 N–H and O–H groups in total. The van der Waals surface area contributed by atoms with Gasteiger partial charge in [-0.3, -0.25) is 0 Å². The van der Waals surface area contributed by atoms with Crippen LogP contribution in [0.4, 0.5) is 5.69 Å². The maximum atomic E-state index is 5.32. The van der Waals surface area contributed by atoms with Gasteiger partial charge in [0.1, 0.15) is 6.61 Å². The van der Waals surface area contributed by atoms with Crippen LogP contribution in [0.3, 0.4) is 0 Å². The Kier molecular flexibility index (Phi) is 2.62. The van der Waals surface area contributed by atoms with E-state index in [1.165, 1.54) is 16.7 Å². The number of rotatable bonds is 1. The number of nitrogens with zero attached hydrogens (tertiary/aromatic N) is 1. The molecule has 1 aromatic rings. The first kappa shape index (κ1) is 10.0. The molecule has 1 aliphatic heterocycles. The van der Waals surface area contributed by atoms with E-state index >= 15 is 0 Å². The van der Waals surface area contributed by atoms with Gasteiger partial charge in [0.2, 0.25) is 0 Å². The van der Waals surface area contributed by atoms with E-state index in [0.29, 0.717) is 12.6 Å². The van der Waals surface area contributed by atoms with Crippen LogP contribution in [-0.4, -0.2) is 19.2 Å². The fraction of sp³-hybridized carbons (Fsp3) is 0.417. The Morgan fingerprint density at radius 3 is 2.67 bits per heavy atom. The number of ether oxygens (including phenoxy) is 1. The van der Waals surface area contributed by atoms with Gasteiger partial charge in [0.25, 0.3) is 6.02 Å². The molecule has 0 atom stereocenters. The first-order valence-corrected chi connectivity index (χ1v) is 5.19. The third-order valence-corrected chi connectivity index (χ3v) is 2.89. The number of amidine groups is 1. The zero-order valence-corrected chi connectivity index (χ0v) is 9.42. The number of hydrogen-bond acceptors (Lipinski definition) is 3. The predicted octanol–water partition coefficient (Wildman–Crippen LogP) is 2.41. The van der Waals surface area contributed by atoms with E-state index in [0.717, 1.165) is 12.2 Å². The predicted molar refractivity (Wildman–Crippen MR) is 62.5 cm³/mol. The smallest absolute Gasteiger partial charge is 0.289 e. The molecular formula is C12H16N2O. The van der Waals surface area contributed by atoms with Crippen molar-refractivity contribution >= 4 is 11.7 Å². The summed E-state index contributed by atoms with van der Waals surface area (Å²) in [5.74, 6) is 0. The van der Waals surface area contributed by atoms with Crippen molar-refractivity contribution in [2.24, 2.45) is 4.99 Å². The molecule has 15 heavy (non-hydrogen) atoms. The van der Waals surface area contributed by atoms with Gasteiger partial charge in [-0.15, -0.1) is 0 Å². The molecule has 80 valence electrons. The summed E-state index contributed by atoms with van der Waals surface area (Å²) < 4.78 is 5.32. The summed E-state index contributed by atoms with van der Waals surface area (Å²) in [4.78, 5) is 4.21. The van der Waals surface area contributed by atoms with E-state index in [1.54, 1.807) is 0 Å². The van der Waals surface area contributed by atoms with E-state index in [9.17, 15) is 0 Å². The molecule has 0 fully saturated rings. The van der Waals surface area contributed by atoms with Gasteiger partial charge in [-0.05, 0) is 43.5 Å². The van der Waals surface area contributed by atoms with E-state index in [4.69, 9.17) is 4.74 Å². The van der Waals surface area contributed by atoms with E-state index in [1.807, 2.05) is 0 Å².